The lowest BCUT2D eigenvalue weighted by atomic mass is 10.1. The molecule has 0 radical (unpaired) electrons. The van der Waals surface area contributed by atoms with Crippen molar-refractivity contribution in [2.75, 3.05) is 11.2 Å². The van der Waals surface area contributed by atoms with Gasteiger partial charge in [0.2, 0.25) is 5.95 Å². The number of nitrogens with zero attached hydrogens (tertiary/aromatic N) is 4. The van der Waals surface area contributed by atoms with Crippen molar-refractivity contribution < 1.29 is 4.79 Å². The van der Waals surface area contributed by atoms with E-state index in [-0.39, 0.29) is 17.5 Å². The van der Waals surface area contributed by atoms with Gasteiger partial charge in [0, 0.05) is 36.4 Å². The Balaban J connectivity index is 1.49. The van der Waals surface area contributed by atoms with Crippen molar-refractivity contribution in [3.8, 4) is 11.3 Å². The number of halogens is 1. The number of hydrogen-bond acceptors (Lipinski definition) is 4. The molecular formula is C25H27ClN6O2. The van der Waals surface area contributed by atoms with Gasteiger partial charge in [0.1, 0.15) is 0 Å². The highest BCUT2D eigenvalue weighted by Gasteiger charge is 2.29. The second kappa shape index (κ2) is 9.10. The predicted octanol–water partition coefficient (Wildman–Crippen LogP) is 4.66. The monoisotopic (exact) mass is 478 g/mol. The van der Waals surface area contributed by atoms with E-state index in [4.69, 9.17) is 16.6 Å². The molecule has 1 amide bonds. The standard InChI is InChI=1S/C25H27ClN6O2/c1-15-11-17(13-21(28-15)19-14-27-31(2)24(19)34)23(33)30-25-29-20-5-3-4-6-22(20)32(25)18-8-7-16(12-18)9-10-26/h3-6,11,13-14,16,18,27H,7-10,12H2,1-2H3,(H,29,30,33)/t16-,18-/m0/s1. The number of alkyl halides is 1. The van der Waals surface area contributed by atoms with Crippen LogP contribution in [0.2, 0.25) is 0 Å². The zero-order valence-corrected chi connectivity index (χ0v) is 20.0. The Hall–Kier alpha value is -3.39. The van der Waals surface area contributed by atoms with E-state index in [1.165, 1.54) is 4.68 Å². The molecule has 8 nitrogen and oxygen atoms in total. The Kier molecular flexibility index (Phi) is 6.00. The Bertz CT molecular complexity index is 1420. The first kappa shape index (κ1) is 22.4. The Morgan fingerprint density at radius 1 is 1.24 bits per heavy atom. The molecule has 0 unspecified atom stereocenters. The van der Waals surface area contributed by atoms with E-state index in [9.17, 15) is 9.59 Å². The van der Waals surface area contributed by atoms with Gasteiger partial charge in [-0.25, -0.2) is 4.98 Å². The SMILES string of the molecule is Cc1cc(C(=O)Nc2nc3ccccc3n2[C@H]2CC[C@@H](CCCl)C2)cc(-c2c[nH]n(C)c2=O)n1. The quantitative estimate of drug-likeness (QED) is 0.394. The third-order valence-corrected chi connectivity index (χ3v) is 6.86. The molecule has 1 aliphatic carbocycles. The summed E-state index contributed by atoms with van der Waals surface area (Å²) in [4.78, 5) is 34.9. The molecule has 4 aromatic rings. The van der Waals surface area contributed by atoms with Crippen LogP contribution in [0.4, 0.5) is 5.95 Å². The normalized spacial score (nSPS) is 18.0. The van der Waals surface area contributed by atoms with E-state index < -0.39 is 0 Å². The second-order valence-electron chi connectivity index (χ2n) is 8.99. The van der Waals surface area contributed by atoms with Crippen molar-refractivity contribution in [2.24, 2.45) is 13.0 Å². The average Bonchev–Trinajstić information content (AvgIpc) is 3.51. The summed E-state index contributed by atoms with van der Waals surface area (Å²) in [6, 6.07) is 11.6. The highest BCUT2D eigenvalue weighted by molar-refractivity contribution is 6.17. The Morgan fingerprint density at radius 2 is 2.06 bits per heavy atom. The summed E-state index contributed by atoms with van der Waals surface area (Å²) in [5, 5.41) is 5.89. The van der Waals surface area contributed by atoms with Gasteiger partial charge in [-0.15, -0.1) is 11.6 Å². The third kappa shape index (κ3) is 4.14. The maximum Gasteiger partial charge on any atom is 0.275 e. The van der Waals surface area contributed by atoms with Crippen LogP contribution in [-0.2, 0) is 7.05 Å². The van der Waals surface area contributed by atoms with Crippen LogP contribution in [0.15, 0.2) is 47.4 Å². The van der Waals surface area contributed by atoms with Crippen LogP contribution >= 0.6 is 11.6 Å². The third-order valence-electron chi connectivity index (χ3n) is 6.65. The molecule has 2 N–H and O–H groups in total. The number of carbonyl (C=O) groups excluding carboxylic acids is 1. The number of H-pyrrole nitrogens is 1. The van der Waals surface area contributed by atoms with Gasteiger partial charge in [-0.1, -0.05) is 12.1 Å². The first-order chi connectivity index (χ1) is 16.4. The second-order valence-corrected chi connectivity index (χ2v) is 9.37. The lowest BCUT2D eigenvalue weighted by molar-refractivity contribution is 0.102. The fourth-order valence-corrected chi connectivity index (χ4v) is 5.27. The molecular weight excluding hydrogens is 452 g/mol. The lowest BCUT2D eigenvalue weighted by Crippen LogP contribution is -2.19. The van der Waals surface area contributed by atoms with Crippen molar-refractivity contribution in [2.45, 2.75) is 38.6 Å². The van der Waals surface area contributed by atoms with Gasteiger partial charge in [0.25, 0.3) is 11.5 Å². The predicted molar refractivity (Wildman–Crippen MR) is 133 cm³/mol. The van der Waals surface area contributed by atoms with Crippen molar-refractivity contribution in [1.82, 2.24) is 24.3 Å². The van der Waals surface area contributed by atoms with Crippen molar-refractivity contribution in [3.63, 3.8) is 0 Å². The molecule has 1 fully saturated rings. The molecule has 9 heteroatoms. The number of fused-ring (bicyclic) bond motifs is 1. The van der Waals surface area contributed by atoms with Gasteiger partial charge in [0.05, 0.1) is 22.3 Å². The summed E-state index contributed by atoms with van der Waals surface area (Å²) in [7, 11) is 1.64. The summed E-state index contributed by atoms with van der Waals surface area (Å²) in [5.41, 5.74) is 3.62. The van der Waals surface area contributed by atoms with E-state index in [2.05, 4.69) is 20.0 Å². The lowest BCUT2D eigenvalue weighted by Gasteiger charge is -2.17. The molecule has 1 aromatic carbocycles. The number of carbonyl (C=O) groups is 1. The van der Waals surface area contributed by atoms with Crippen LogP contribution in [0.25, 0.3) is 22.3 Å². The number of amides is 1. The molecule has 0 saturated heterocycles. The van der Waals surface area contributed by atoms with Crippen LogP contribution in [0.3, 0.4) is 0 Å². The summed E-state index contributed by atoms with van der Waals surface area (Å²) in [6.07, 6.45) is 5.77. The zero-order chi connectivity index (χ0) is 23.8. The van der Waals surface area contributed by atoms with Crippen LogP contribution in [-0.4, -0.2) is 36.1 Å². The topological polar surface area (TPSA) is 97.6 Å². The van der Waals surface area contributed by atoms with Crippen LogP contribution in [0.5, 0.6) is 0 Å². The van der Waals surface area contributed by atoms with Gasteiger partial charge in [-0.2, -0.15) is 0 Å². The van der Waals surface area contributed by atoms with Gasteiger partial charge in [-0.3, -0.25) is 24.6 Å². The molecule has 0 bridgehead atoms. The van der Waals surface area contributed by atoms with Gasteiger partial charge >= 0.3 is 0 Å². The van der Waals surface area contributed by atoms with Crippen LogP contribution in [0, 0.1) is 12.8 Å². The van der Waals surface area contributed by atoms with E-state index in [0.29, 0.717) is 40.3 Å². The largest absolute Gasteiger partial charge is 0.307 e. The highest BCUT2D eigenvalue weighted by atomic mass is 35.5. The zero-order valence-electron chi connectivity index (χ0n) is 19.2. The molecule has 0 aliphatic heterocycles. The summed E-state index contributed by atoms with van der Waals surface area (Å²) >= 11 is 5.99. The number of aromatic amines is 1. The van der Waals surface area contributed by atoms with E-state index in [0.717, 1.165) is 36.7 Å². The smallest absolute Gasteiger partial charge is 0.275 e. The first-order valence-electron chi connectivity index (χ1n) is 11.5. The molecule has 1 aliphatic rings. The molecule has 176 valence electrons. The minimum Gasteiger partial charge on any atom is -0.307 e. The Morgan fingerprint density at radius 3 is 2.82 bits per heavy atom. The van der Waals surface area contributed by atoms with Gasteiger partial charge in [0.15, 0.2) is 0 Å². The number of aromatic nitrogens is 5. The molecule has 3 heterocycles. The summed E-state index contributed by atoms with van der Waals surface area (Å²) in [6.45, 7) is 1.81. The van der Waals surface area contributed by atoms with Gasteiger partial charge < -0.3 is 9.67 Å². The average molecular weight is 479 g/mol. The number of hydrogen-bond donors (Lipinski definition) is 2. The fraction of sp³-hybridized carbons (Fsp3) is 0.360. The molecule has 1 saturated carbocycles. The number of imidazole rings is 1. The molecule has 3 aromatic heterocycles. The molecule has 5 rings (SSSR count). The number of pyridine rings is 1. The van der Waals surface area contributed by atoms with Crippen LogP contribution < -0.4 is 10.9 Å². The summed E-state index contributed by atoms with van der Waals surface area (Å²) < 4.78 is 3.54. The summed E-state index contributed by atoms with van der Waals surface area (Å²) in [5.74, 6) is 1.50. The number of anilines is 1. The molecule has 0 spiro atoms. The fourth-order valence-electron chi connectivity index (χ4n) is 4.96. The van der Waals surface area contributed by atoms with Gasteiger partial charge in [-0.05, 0) is 62.8 Å². The number of aryl methyl sites for hydroxylation is 2. The van der Waals surface area contributed by atoms with E-state index >= 15 is 0 Å². The van der Waals surface area contributed by atoms with Crippen molar-refractivity contribution in [1.29, 1.82) is 0 Å². The maximum atomic E-state index is 13.3. The number of nitrogens with one attached hydrogen (secondary N) is 2. The van der Waals surface area contributed by atoms with Crippen LogP contribution in [0.1, 0.15) is 47.8 Å². The first-order valence-corrected chi connectivity index (χ1v) is 12.1. The molecule has 2 atom stereocenters. The van der Waals surface area contributed by atoms with E-state index in [1.54, 1.807) is 25.4 Å². The minimum absolute atomic E-state index is 0.195. The van der Waals surface area contributed by atoms with Crippen molar-refractivity contribution >= 4 is 34.5 Å². The maximum absolute atomic E-state index is 13.3. The minimum atomic E-state index is -0.286. The number of para-hydroxylation sites is 2. The van der Waals surface area contributed by atoms with E-state index in [1.807, 2.05) is 31.2 Å². The number of rotatable bonds is 6. The molecule has 34 heavy (non-hydrogen) atoms. The number of benzene rings is 1. The van der Waals surface area contributed by atoms with Crippen molar-refractivity contribution in [3.05, 3.63) is 64.2 Å². The highest BCUT2D eigenvalue weighted by Crippen LogP contribution is 2.40. The Labute approximate surface area is 202 Å².